The number of hydrogen-bond acceptors (Lipinski definition) is 2. The Bertz CT molecular complexity index is 656. The van der Waals surface area contributed by atoms with Gasteiger partial charge in [-0.15, -0.1) is 0 Å². The van der Waals surface area contributed by atoms with Crippen molar-refractivity contribution in [3.8, 4) is 11.5 Å². The van der Waals surface area contributed by atoms with E-state index < -0.39 is 0 Å². The number of ether oxygens (including phenoxy) is 2. The maximum Gasteiger partial charge on any atom is 0.137 e. The Hall–Kier alpha value is -1.48. The fraction of sp³-hybridized carbons (Fsp3) is 0.333. The van der Waals surface area contributed by atoms with Crippen LogP contribution in [0.15, 0.2) is 34.8 Å². The highest BCUT2D eigenvalue weighted by Crippen LogP contribution is 2.30. The molecule has 0 fully saturated rings. The third-order valence-electron chi connectivity index (χ3n) is 3.80. The highest BCUT2D eigenvalue weighted by molar-refractivity contribution is 9.10. The molecule has 3 heteroatoms. The Morgan fingerprint density at radius 2 is 1.86 bits per heavy atom. The van der Waals surface area contributed by atoms with Crippen molar-refractivity contribution < 1.29 is 9.47 Å². The maximum atomic E-state index is 5.93. The number of hydrogen-bond donors (Lipinski definition) is 0. The molecule has 0 N–H and O–H groups in total. The van der Waals surface area contributed by atoms with Crippen LogP contribution in [-0.4, -0.2) is 12.7 Å². The average molecular weight is 347 g/mol. The summed E-state index contributed by atoms with van der Waals surface area (Å²) in [5.74, 6) is 1.90. The van der Waals surface area contributed by atoms with Gasteiger partial charge in [-0.1, -0.05) is 33.6 Å². The second kappa shape index (κ2) is 5.72. The van der Waals surface area contributed by atoms with Crippen LogP contribution in [0, 0.1) is 20.8 Å². The molecule has 0 spiro atoms. The van der Waals surface area contributed by atoms with Crippen LogP contribution >= 0.6 is 15.9 Å². The van der Waals surface area contributed by atoms with E-state index in [4.69, 9.17) is 9.47 Å². The number of halogens is 1. The molecule has 1 heterocycles. The van der Waals surface area contributed by atoms with Gasteiger partial charge in [0, 0.05) is 10.9 Å². The van der Waals surface area contributed by atoms with Gasteiger partial charge in [-0.3, -0.25) is 0 Å². The zero-order valence-electron chi connectivity index (χ0n) is 12.6. The van der Waals surface area contributed by atoms with Gasteiger partial charge in [0.15, 0.2) is 0 Å². The van der Waals surface area contributed by atoms with E-state index in [1.807, 2.05) is 0 Å². The molecule has 0 saturated carbocycles. The minimum atomic E-state index is 0.103. The first kappa shape index (κ1) is 14.5. The zero-order valence-corrected chi connectivity index (χ0v) is 14.2. The summed E-state index contributed by atoms with van der Waals surface area (Å²) in [4.78, 5) is 0. The highest BCUT2D eigenvalue weighted by Gasteiger charge is 2.23. The predicted octanol–water partition coefficient (Wildman–Crippen LogP) is 4.76. The molecule has 0 amide bonds. The summed E-state index contributed by atoms with van der Waals surface area (Å²) in [6.07, 6.45) is 1.02. The van der Waals surface area contributed by atoms with Gasteiger partial charge in [0.1, 0.15) is 24.2 Å². The number of rotatable bonds is 3. The van der Waals surface area contributed by atoms with Gasteiger partial charge in [-0.05, 0) is 55.7 Å². The lowest BCUT2D eigenvalue weighted by atomic mass is 10.1. The minimum Gasteiger partial charge on any atom is -0.490 e. The van der Waals surface area contributed by atoms with Gasteiger partial charge in [0.2, 0.25) is 0 Å². The van der Waals surface area contributed by atoms with Crippen LogP contribution in [0.2, 0.25) is 0 Å². The molecule has 0 radical (unpaired) electrons. The molecule has 2 aromatic carbocycles. The summed E-state index contributed by atoms with van der Waals surface area (Å²) >= 11 is 3.58. The van der Waals surface area contributed by atoms with Gasteiger partial charge >= 0.3 is 0 Å². The smallest absolute Gasteiger partial charge is 0.137 e. The molecule has 0 bridgehead atoms. The summed E-state index contributed by atoms with van der Waals surface area (Å²) in [6, 6.07) is 10.5. The molecule has 0 aromatic heterocycles. The van der Waals surface area contributed by atoms with Crippen molar-refractivity contribution in [3.63, 3.8) is 0 Å². The van der Waals surface area contributed by atoms with Crippen molar-refractivity contribution in [2.45, 2.75) is 33.3 Å². The molecule has 0 aliphatic carbocycles. The van der Waals surface area contributed by atoms with Gasteiger partial charge < -0.3 is 9.47 Å². The Labute approximate surface area is 134 Å². The zero-order chi connectivity index (χ0) is 15.0. The van der Waals surface area contributed by atoms with E-state index >= 15 is 0 Å². The molecule has 1 aliphatic heterocycles. The van der Waals surface area contributed by atoms with Gasteiger partial charge in [-0.25, -0.2) is 0 Å². The SMILES string of the molecule is Cc1ccc2c(c1)CC(COc1cc(C)c(Br)c(C)c1)O2. The second-order valence-electron chi connectivity index (χ2n) is 5.74. The van der Waals surface area contributed by atoms with Crippen molar-refractivity contribution in [2.75, 3.05) is 6.61 Å². The summed E-state index contributed by atoms with van der Waals surface area (Å²) in [6.45, 7) is 6.84. The van der Waals surface area contributed by atoms with Crippen molar-refractivity contribution in [2.24, 2.45) is 0 Å². The molecule has 2 aromatic rings. The lowest BCUT2D eigenvalue weighted by Crippen LogP contribution is -2.22. The normalized spacial score (nSPS) is 16.5. The van der Waals surface area contributed by atoms with E-state index in [0.29, 0.717) is 6.61 Å². The summed E-state index contributed by atoms with van der Waals surface area (Å²) in [5.41, 5.74) is 4.94. The molecule has 1 unspecified atom stereocenters. The largest absolute Gasteiger partial charge is 0.490 e. The number of fused-ring (bicyclic) bond motifs is 1. The lowest BCUT2D eigenvalue weighted by molar-refractivity contribution is 0.148. The summed E-state index contributed by atoms with van der Waals surface area (Å²) in [7, 11) is 0. The molecule has 2 nitrogen and oxygen atoms in total. The Morgan fingerprint density at radius 1 is 1.14 bits per heavy atom. The molecule has 3 rings (SSSR count). The van der Waals surface area contributed by atoms with E-state index in [9.17, 15) is 0 Å². The second-order valence-corrected chi connectivity index (χ2v) is 6.53. The van der Waals surface area contributed by atoms with E-state index in [1.165, 1.54) is 22.3 Å². The first-order valence-electron chi connectivity index (χ1n) is 7.18. The standard InChI is InChI=1S/C18H19BrO2/c1-11-4-5-17-14(6-11)9-16(21-17)10-20-15-7-12(2)18(19)13(3)8-15/h4-8,16H,9-10H2,1-3H3. The number of benzene rings is 2. The van der Waals surface area contributed by atoms with Crippen molar-refractivity contribution in [3.05, 3.63) is 57.1 Å². The minimum absolute atomic E-state index is 0.103. The van der Waals surface area contributed by atoms with Crippen LogP contribution in [-0.2, 0) is 6.42 Å². The third kappa shape index (κ3) is 3.08. The quantitative estimate of drug-likeness (QED) is 0.797. The van der Waals surface area contributed by atoms with E-state index in [2.05, 4.69) is 67.0 Å². The molecule has 21 heavy (non-hydrogen) atoms. The number of aryl methyl sites for hydroxylation is 3. The van der Waals surface area contributed by atoms with Crippen molar-refractivity contribution in [1.29, 1.82) is 0 Å². The topological polar surface area (TPSA) is 18.5 Å². The Morgan fingerprint density at radius 3 is 2.57 bits per heavy atom. The van der Waals surface area contributed by atoms with E-state index in [1.54, 1.807) is 0 Å². The Balaban J connectivity index is 1.65. The molecule has 1 atom stereocenters. The fourth-order valence-corrected chi connectivity index (χ4v) is 2.95. The summed E-state index contributed by atoms with van der Waals surface area (Å²) in [5, 5.41) is 0. The molecular formula is C18H19BrO2. The van der Waals surface area contributed by atoms with Crippen molar-refractivity contribution in [1.82, 2.24) is 0 Å². The predicted molar refractivity (Wildman–Crippen MR) is 88.4 cm³/mol. The average Bonchev–Trinajstić information content (AvgIpc) is 2.84. The Kier molecular flexibility index (Phi) is 3.94. The molecule has 0 saturated heterocycles. The third-order valence-corrected chi connectivity index (χ3v) is 5.05. The lowest BCUT2D eigenvalue weighted by Gasteiger charge is -2.14. The monoisotopic (exact) mass is 346 g/mol. The van der Waals surface area contributed by atoms with Gasteiger partial charge in [-0.2, -0.15) is 0 Å². The maximum absolute atomic E-state index is 5.93. The first-order chi connectivity index (χ1) is 10.0. The van der Waals surface area contributed by atoms with Crippen LogP contribution in [0.3, 0.4) is 0 Å². The van der Waals surface area contributed by atoms with Crippen LogP contribution in [0.1, 0.15) is 22.3 Å². The van der Waals surface area contributed by atoms with Crippen LogP contribution < -0.4 is 9.47 Å². The fourth-order valence-electron chi connectivity index (χ4n) is 2.72. The van der Waals surface area contributed by atoms with E-state index in [0.717, 1.165) is 22.4 Å². The molecular weight excluding hydrogens is 328 g/mol. The van der Waals surface area contributed by atoms with Crippen LogP contribution in [0.25, 0.3) is 0 Å². The highest BCUT2D eigenvalue weighted by atomic mass is 79.9. The first-order valence-corrected chi connectivity index (χ1v) is 7.98. The van der Waals surface area contributed by atoms with Crippen LogP contribution in [0.5, 0.6) is 11.5 Å². The van der Waals surface area contributed by atoms with Gasteiger partial charge in [0.05, 0.1) is 0 Å². The molecule has 1 aliphatic rings. The molecule has 110 valence electrons. The van der Waals surface area contributed by atoms with Crippen LogP contribution in [0.4, 0.5) is 0 Å². The van der Waals surface area contributed by atoms with E-state index in [-0.39, 0.29) is 6.10 Å². The van der Waals surface area contributed by atoms with Crippen molar-refractivity contribution >= 4 is 15.9 Å². The van der Waals surface area contributed by atoms with Gasteiger partial charge in [0.25, 0.3) is 0 Å². The summed E-state index contributed by atoms with van der Waals surface area (Å²) < 4.78 is 13.0.